The van der Waals surface area contributed by atoms with Gasteiger partial charge in [-0.3, -0.25) is 24.6 Å². The lowest BCUT2D eigenvalue weighted by atomic mass is 10.1. The summed E-state index contributed by atoms with van der Waals surface area (Å²) in [5.74, 6) is 4.55. The molecule has 0 unspecified atom stereocenters. The first-order chi connectivity index (χ1) is 13.0. The van der Waals surface area contributed by atoms with E-state index in [2.05, 4.69) is 4.98 Å². The van der Waals surface area contributed by atoms with Crippen LogP contribution in [0.1, 0.15) is 40.1 Å². The number of carbonyl (C=O) groups is 2. The molecular weight excluding hydrogens is 369 g/mol. The van der Waals surface area contributed by atoms with Crippen molar-refractivity contribution in [2.45, 2.75) is 20.0 Å². The first-order valence-electron chi connectivity index (χ1n) is 8.31. The molecule has 146 valence electrons. The second kappa shape index (κ2) is 12.1. The summed E-state index contributed by atoms with van der Waals surface area (Å²) < 4.78 is 22.7. The zero-order valence-corrected chi connectivity index (χ0v) is 16.2. The van der Waals surface area contributed by atoms with Crippen LogP contribution < -0.4 is 11.3 Å². The minimum Gasteiger partial charge on any atom is -0.309 e. The molecule has 0 fully saturated rings. The fraction of sp³-hybridized carbons (Fsp3) is 0.278. The van der Waals surface area contributed by atoms with Gasteiger partial charge in [-0.1, -0.05) is 24.3 Å². The maximum atomic E-state index is 12.3. The van der Waals surface area contributed by atoms with Crippen LogP contribution >= 0.6 is 7.60 Å². The van der Waals surface area contributed by atoms with Crippen LogP contribution in [0, 0.1) is 0 Å². The molecule has 0 atom stereocenters. The Morgan fingerprint density at radius 1 is 1.19 bits per heavy atom. The number of hydrazine groups is 1. The molecule has 1 amide bonds. The molecule has 8 nitrogen and oxygen atoms in total. The molecule has 9 heteroatoms. The standard InChI is InChI=1S/C12H17O4P.C6H7N3O/c1-3-15-17(14,16-4-2)10-12-8-6-5-7-11(12)9-13;7-9-6(10)5-2-1-3-8-4-5/h5-9H,3-4,10H2,1-2H3;1-4H,7H2,(H,9,10). The third-order valence-electron chi connectivity index (χ3n) is 3.25. The number of nitrogens with one attached hydrogen (secondary N) is 1. The van der Waals surface area contributed by atoms with E-state index >= 15 is 0 Å². The smallest absolute Gasteiger partial charge is 0.309 e. The highest BCUT2D eigenvalue weighted by Gasteiger charge is 2.25. The Bertz CT molecular complexity index is 761. The lowest BCUT2D eigenvalue weighted by molar-refractivity contribution is 0.0953. The summed E-state index contributed by atoms with van der Waals surface area (Å²) in [6.07, 6.45) is 3.91. The summed E-state index contributed by atoms with van der Waals surface area (Å²) in [5.41, 5.74) is 3.67. The van der Waals surface area contributed by atoms with Gasteiger partial charge in [-0.2, -0.15) is 0 Å². The second-order valence-electron chi connectivity index (χ2n) is 5.14. The van der Waals surface area contributed by atoms with Crippen molar-refractivity contribution in [2.24, 2.45) is 5.84 Å². The normalized spacial score (nSPS) is 10.5. The number of carbonyl (C=O) groups excluding carboxylic acids is 2. The highest BCUT2D eigenvalue weighted by molar-refractivity contribution is 7.53. The van der Waals surface area contributed by atoms with Crippen LogP contribution in [0.3, 0.4) is 0 Å². The van der Waals surface area contributed by atoms with Gasteiger partial charge in [0, 0.05) is 18.0 Å². The number of nitrogens with zero attached hydrogens (tertiary/aromatic N) is 1. The Hall–Kier alpha value is -2.38. The van der Waals surface area contributed by atoms with Crippen LogP contribution in [0.5, 0.6) is 0 Å². The highest BCUT2D eigenvalue weighted by atomic mass is 31.2. The van der Waals surface area contributed by atoms with E-state index in [0.29, 0.717) is 29.9 Å². The molecule has 0 aliphatic carbocycles. The molecule has 3 N–H and O–H groups in total. The molecule has 1 heterocycles. The molecule has 0 aliphatic heterocycles. The number of benzene rings is 1. The minimum atomic E-state index is -3.14. The van der Waals surface area contributed by atoms with E-state index in [1.165, 1.54) is 6.20 Å². The predicted octanol–water partition coefficient (Wildman–Crippen LogP) is 2.95. The van der Waals surface area contributed by atoms with E-state index in [1.807, 2.05) is 5.43 Å². The lowest BCUT2D eigenvalue weighted by Crippen LogP contribution is -2.29. The molecule has 0 aliphatic rings. The minimum absolute atomic E-state index is 0.129. The van der Waals surface area contributed by atoms with Gasteiger partial charge in [-0.05, 0) is 31.5 Å². The predicted molar refractivity (Wildman–Crippen MR) is 102 cm³/mol. The highest BCUT2D eigenvalue weighted by Crippen LogP contribution is 2.51. The topological polar surface area (TPSA) is 121 Å². The lowest BCUT2D eigenvalue weighted by Gasteiger charge is -2.17. The van der Waals surface area contributed by atoms with Gasteiger partial charge in [0.25, 0.3) is 5.91 Å². The first-order valence-corrected chi connectivity index (χ1v) is 10.0. The Labute approximate surface area is 158 Å². The van der Waals surface area contributed by atoms with Gasteiger partial charge >= 0.3 is 7.60 Å². The molecule has 0 radical (unpaired) electrons. The van der Waals surface area contributed by atoms with Crippen molar-refractivity contribution < 1.29 is 23.2 Å². The van der Waals surface area contributed by atoms with Crippen LogP contribution in [-0.2, 0) is 19.8 Å². The van der Waals surface area contributed by atoms with Crippen LogP contribution in [0.4, 0.5) is 0 Å². The number of aromatic nitrogens is 1. The molecule has 0 spiro atoms. The Morgan fingerprint density at radius 2 is 1.85 bits per heavy atom. The number of aldehydes is 1. The van der Waals surface area contributed by atoms with Gasteiger partial charge in [0.05, 0.1) is 24.9 Å². The summed E-state index contributed by atoms with van der Waals surface area (Å²) in [4.78, 5) is 25.3. The fourth-order valence-corrected chi connectivity index (χ4v) is 3.85. The van der Waals surface area contributed by atoms with Gasteiger partial charge in [-0.15, -0.1) is 0 Å². The zero-order chi connectivity index (χ0) is 20.1. The average molecular weight is 393 g/mol. The third-order valence-corrected chi connectivity index (χ3v) is 5.28. The van der Waals surface area contributed by atoms with Gasteiger partial charge in [0.15, 0.2) is 0 Å². The fourth-order valence-electron chi connectivity index (χ4n) is 2.10. The molecule has 0 bridgehead atoms. The summed E-state index contributed by atoms with van der Waals surface area (Å²) in [6, 6.07) is 10.3. The Morgan fingerprint density at radius 3 is 2.37 bits per heavy atom. The number of hydrogen-bond donors (Lipinski definition) is 2. The van der Waals surface area contributed by atoms with Crippen LogP contribution in [0.25, 0.3) is 0 Å². The SMILES string of the molecule is CCOP(=O)(Cc1ccccc1C=O)OCC.NNC(=O)c1cccnc1. The quantitative estimate of drug-likeness (QED) is 0.232. The molecule has 27 heavy (non-hydrogen) atoms. The van der Waals surface area contributed by atoms with E-state index in [9.17, 15) is 14.2 Å². The molecule has 0 saturated heterocycles. The molecule has 0 saturated carbocycles. The number of nitrogen functional groups attached to an aromatic ring is 1. The van der Waals surface area contributed by atoms with Gasteiger partial charge in [0.1, 0.15) is 6.29 Å². The van der Waals surface area contributed by atoms with Crippen LogP contribution in [0.2, 0.25) is 0 Å². The second-order valence-corrected chi connectivity index (χ2v) is 7.19. The van der Waals surface area contributed by atoms with Gasteiger partial charge < -0.3 is 9.05 Å². The van der Waals surface area contributed by atoms with Crippen LogP contribution in [-0.4, -0.2) is 30.4 Å². The van der Waals surface area contributed by atoms with Crippen molar-refractivity contribution in [3.8, 4) is 0 Å². The van der Waals surface area contributed by atoms with E-state index in [1.54, 1.807) is 56.4 Å². The van der Waals surface area contributed by atoms with Gasteiger partial charge in [-0.25, -0.2) is 5.84 Å². The number of rotatable bonds is 8. The zero-order valence-electron chi connectivity index (χ0n) is 15.3. The summed E-state index contributed by atoms with van der Waals surface area (Å²) in [5, 5.41) is 0. The van der Waals surface area contributed by atoms with Crippen molar-refractivity contribution in [3.05, 3.63) is 65.5 Å². The molecule has 2 aromatic rings. The molecule has 1 aromatic heterocycles. The number of amides is 1. The summed E-state index contributed by atoms with van der Waals surface area (Å²) >= 11 is 0. The van der Waals surface area contributed by atoms with Crippen molar-refractivity contribution in [2.75, 3.05) is 13.2 Å². The van der Waals surface area contributed by atoms with E-state index < -0.39 is 7.60 Å². The molecule has 2 rings (SSSR count). The third kappa shape index (κ3) is 7.80. The number of pyridine rings is 1. The van der Waals surface area contributed by atoms with E-state index in [4.69, 9.17) is 14.9 Å². The number of hydrogen-bond acceptors (Lipinski definition) is 7. The van der Waals surface area contributed by atoms with E-state index in [-0.39, 0.29) is 12.1 Å². The van der Waals surface area contributed by atoms with Crippen molar-refractivity contribution in [1.29, 1.82) is 0 Å². The Balaban J connectivity index is 0.000000309. The van der Waals surface area contributed by atoms with Crippen molar-refractivity contribution >= 4 is 19.8 Å². The summed E-state index contributed by atoms with van der Waals surface area (Å²) in [7, 11) is -3.14. The first kappa shape index (κ1) is 22.7. The van der Waals surface area contributed by atoms with Crippen LogP contribution in [0.15, 0.2) is 48.8 Å². The van der Waals surface area contributed by atoms with Crippen molar-refractivity contribution in [3.63, 3.8) is 0 Å². The largest absolute Gasteiger partial charge is 0.335 e. The van der Waals surface area contributed by atoms with E-state index in [0.717, 1.165) is 6.29 Å². The molecular formula is C18H24N3O5P. The monoisotopic (exact) mass is 393 g/mol. The van der Waals surface area contributed by atoms with Gasteiger partial charge in [0.2, 0.25) is 0 Å². The maximum absolute atomic E-state index is 12.3. The summed E-state index contributed by atoms with van der Waals surface area (Å²) in [6.45, 7) is 4.16. The number of nitrogens with two attached hydrogens (primary N) is 1. The maximum Gasteiger partial charge on any atom is 0.335 e. The Kier molecular flexibility index (Phi) is 10.1. The molecule has 1 aromatic carbocycles. The van der Waals surface area contributed by atoms with Crippen molar-refractivity contribution in [1.82, 2.24) is 10.4 Å². The average Bonchev–Trinajstić information content (AvgIpc) is 2.69.